The molecule has 1 aliphatic heterocycles. The van der Waals surface area contributed by atoms with E-state index in [2.05, 4.69) is 16.8 Å². The highest BCUT2D eigenvalue weighted by Crippen LogP contribution is 2.22. The maximum atomic E-state index is 9.18. The number of ether oxygens (including phenoxy) is 1. The Kier molecular flexibility index (Phi) is 4.20. The Balaban J connectivity index is 2.16. The van der Waals surface area contributed by atoms with E-state index in [0.717, 1.165) is 37.5 Å². The monoisotopic (exact) mass is 256 g/mol. The fraction of sp³-hybridized carbons (Fsp3) is 0.583. The first-order valence-corrected chi connectivity index (χ1v) is 6.24. The number of morpholine rings is 1. The Bertz CT molecular complexity index is 387. The number of hydrogen-bond acceptors (Lipinski definition) is 4. The Morgan fingerprint density at radius 3 is 3.18 bits per heavy atom. The Morgan fingerprint density at radius 2 is 2.47 bits per heavy atom. The van der Waals surface area contributed by atoms with Crippen LogP contribution in [-0.2, 0) is 11.3 Å². The molecule has 1 aromatic rings. The summed E-state index contributed by atoms with van der Waals surface area (Å²) < 4.78 is 5.61. The molecule has 4 nitrogen and oxygen atoms in total. The molecule has 0 aliphatic carbocycles. The first-order valence-electron chi connectivity index (χ1n) is 5.86. The molecule has 0 amide bonds. The maximum absolute atomic E-state index is 9.18. The third kappa shape index (κ3) is 2.89. The van der Waals surface area contributed by atoms with Gasteiger partial charge in [-0.1, -0.05) is 18.5 Å². The molecule has 1 aliphatic rings. The summed E-state index contributed by atoms with van der Waals surface area (Å²) in [5.74, 6) is 0.861. The highest BCUT2D eigenvalue weighted by Gasteiger charge is 2.20. The number of rotatable bonds is 3. The second kappa shape index (κ2) is 5.67. The van der Waals surface area contributed by atoms with Crippen molar-refractivity contribution in [1.82, 2.24) is 4.98 Å². The third-order valence-corrected chi connectivity index (χ3v) is 3.35. The van der Waals surface area contributed by atoms with Gasteiger partial charge < -0.3 is 14.7 Å². The van der Waals surface area contributed by atoms with Crippen LogP contribution in [0, 0.1) is 0 Å². The highest BCUT2D eigenvalue weighted by molar-refractivity contribution is 6.31. The molecule has 94 valence electrons. The summed E-state index contributed by atoms with van der Waals surface area (Å²) in [6.07, 6.45) is 2.86. The van der Waals surface area contributed by atoms with Crippen molar-refractivity contribution in [2.24, 2.45) is 0 Å². The third-order valence-electron chi connectivity index (χ3n) is 3.01. The quantitative estimate of drug-likeness (QED) is 0.897. The summed E-state index contributed by atoms with van der Waals surface area (Å²) in [6.45, 7) is 4.45. The fourth-order valence-electron chi connectivity index (χ4n) is 1.94. The SMILES string of the molecule is CCC1CN(c2cc(CO)c(Cl)cn2)CCO1. The average Bonchev–Trinajstić information content (AvgIpc) is 2.39. The largest absolute Gasteiger partial charge is 0.392 e. The average molecular weight is 257 g/mol. The predicted octanol–water partition coefficient (Wildman–Crippen LogP) is 1.84. The number of aliphatic hydroxyl groups excluding tert-OH is 1. The molecule has 0 radical (unpaired) electrons. The van der Waals surface area contributed by atoms with Crippen molar-refractivity contribution in [3.05, 3.63) is 22.8 Å². The van der Waals surface area contributed by atoms with Gasteiger partial charge in [0.2, 0.25) is 0 Å². The molecular formula is C12H17ClN2O2. The van der Waals surface area contributed by atoms with Crippen LogP contribution in [0.3, 0.4) is 0 Å². The number of pyridine rings is 1. The zero-order chi connectivity index (χ0) is 12.3. The van der Waals surface area contributed by atoms with Gasteiger partial charge in [0, 0.05) is 24.8 Å². The van der Waals surface area contributed by atoms with Crippen LogP contribution in [0.25, 0.3) is 0 Å². The van der Waals surface area contributed by atoms with Gasteiger partial charge in [-0.2, -0.15) is 0 Å². The standard InChI is InChI=1S/C12H17ClN2O2/c1-2-10-7-15(3-4-17-10)12-5-9(8-16)11(13)6-14-12/h5-6,10,16H,2-4,7-8H2,1H3. The van der Waals surface area contributed by atoms with E-state index in [0.29, 0.717) is 5.02 Å². The molecule has 0 spiro atoms. The Labute approximate surface area is 106 Å². The summed E-state index contributed by atoms with van der Waals surface area (Å²) in [7, 11) is 0. The lowest BCUT2D eigenvalue weighted by Crippen LogP contribution is -2.42. The normalized spacial score (nSPS) is 20.6. The van der Waals surface area contributed by atoms with Crippen LogP contribution in [0.15, 0.2) is 12.3 Å². The number of hydrogen-bond donors (Lipinski definition) is 1. The number of aromatic nitrogens is 1. The van der Waals surface area contributed by atoms with Gasteiger partial charge in [-0.25, -0.2) is 4.98 Å². The van der Waals surface area contributed by atoms with E-state index >= 15 is 0 Å². The molecule has 2 rings (SSSR count). The van der Waals surface area contributed by atoms with Gasteiger partial charge in [-0.3, -0.25) is 0 Å². The van der Waals surface area contributed by atoms with Crippen molar-refractivity contribution in [3.8, 4) is 0 Å². The van der Waals surface area contributed by atoms with E-state index in [1.807, 2.05) is 6.07 Å². The molecule has 1 unspecified atom stereocenters. The van der Waals surface area contributed by atoms with E-state index in [4.69, 9.17) is 16.3 Å². The summed E-state index contributed by atoms with van der Waals surface area (Å²) >= 11 is 5.93. The van der Waals surface area contributed by atoms with Crippen molar-refractivity contribution in [2.45, 2.75) is 26.1 Å². The van der Waals surface area contributed by atoms with E-state index in [1.165, 1.54) is 0 Å². The molecule has 1 N–H and O–H groups in total. The molecule has 0 aromatic carbocycles. The van der Waals surface area contributed by atoms with Gasteiger partial charge >= 0.3 is 0 Å². The lowest BCUT2D eigenvalue weighted by molar-refractivity contribution is 0.0381. The summed E-state index contributed by atoms with van der Waals surface area (Å²) in [4.78, 5) is 6.48. The number of anilines is 1. The summed E-state index contributed by atoms with van der Waals surface area (Å²) in [6, 6.07) is 1.85. The molecule has 1 saturated heterocycles. The van der Waals surface area contributed by atoms with Crippen molar-refractivity contribution < 1.29 is 9.84 Å². The van der Waals surface area contributed by atoms with Crippen LogP contribution in [0.5, 0.6) is 0 Å². The first kappa shape index (κ1) is 12.6. The Morgan fingerprint density at radius 1 is 1.65 bits per heavy atom. The fourth-order valence-corrected chi connectivity index (χ4v) is 2.10. The van der Waals surface area contributed by atoms with Crippen LogP contribution < -0.4 is 4.90 Å². The second-order valence-corrected chi connectivity index (χ2v) is 4.55. The predicted molar refractivity (Wildman–Crippen MR) is 67.4 cm³/mol. The summed E-state index contributed by atoms with van der Waals surface area (Å²) in [5.41, 5.74) is 0.719. The topological polar surface area (TPSA) is 45.6 Å². The summed E-state index contributed by atoms with van der Waals surface area (Å²) in [5, 5.41) is 9.69. The van der Waals surface area contributed by atoms with Crippen LogP contribution in [0.4, 0.5) is 5.82 Å². The minimum Gasteiger partial charge on any atom is -0.392 e. The van der Waals surface area contributed by atoms with Crippen molar-refractivity contribution in [1.29, 1.82) is 0 Å². The minimum atomic E-state index is -0.0596. The highest BCUT2D eigenvalue weighted by atomic mass is 35.5. The van der Waals surface area contributed by atoms with E-state index in [9.17, 15) is 5.11 Å². The smallest absolute Gasteiger partial charge is 0.129 e. The molecule has 1 aromatic heterocycles. The van der Waals surface area contributed by atoms with Crippen LogP contribution in [0.2, 0.25) is 5.02 Å². The molecule has 5 heteroatoms. The molecule has 0 saturated carbocycles. The Hall–Kier alpha value is -0.840. The molecule has 2 heterocycles. The van der Waals surface area contributed by atoms with Crippen LogP contribution >= 0.6 is 11.6 Å². The number of aliphatic hydroxyl groups is 1. The zero-order valence-electron chi connectivity index (χ0n) is 9.90. The van der Waals surface area contributed by atoms with E-state index in [-0.39, 0.29) is 12.7 Å². The van der Waals surface area contributed by atoms with Gasteiger partial charge in [-0.15, -0.1) is 0 Å². The number of nitrogens with zero attached hydrogens (tertiary/aromatic N) is 2. The van der Waals surface area contributed by atoms with Gasteiger partial charge in [0.15, 0.2) is 0 Å². The maximum Gasteiger partial charge on any atom is 0.129 e. The van der Waals surface area contributed by atoms with Gasteiger partial charge in [0.25, 0.3) is 0 Å². The van der Waals surface area contributed by atoms with Crippen LogP contribution in [0.1, 0.15) is 18.9 Å². The minimum absolute atomic E-state index is 0.0596. The van der Waals surface area contributed by atoms with E-state index in [1.54, 1.807) is 6.20 Å². The van der Waals surface area contributed by atoms with Gasteiger partial charge in [0.1, 0.15) is 5.82 Å². The van der Waals surface area contributed by atoms with Crippen molar-refractivity contribution >= 4 is 17.4 Å². The van der Waals surface area contributed by atoms with E-state index < -0.39 is 0 Å². The lowest BCUT2D eigenvalue weighted by Gasteiger charge is -2.33. The lowest BCUT2D eigenvalue weighted by atomic mass is 10.2. The molecule has 17 heavy (non-hydrogen) atoms. The molecule has 1 fully saturated rings. The van der Waals surface area contributed by atoms with Gasteiger partial charge in [0.05, 0.1) is 24.3 Å². The van der Waals surface area contributed by atoms with Gasteiger partial charge in [-0.05, 0) is 12.5 Å². The van der Waals surface area contributed by atoms with Crippen molar-refractivity contribution in [2.75, 3.05) is 24.6 Å². The molecule has 0 bridgehead atoms. The molecule has 1 atom stereocenters. The second-order valence-electron chi connectivity index (χ2n) is 4.14. The molecular weight excluding hydrogens is 240 g/mol. The zero-order valence-corrected chi connectivity index (χ0v) is 10.7. The van der Waals surface area contributed by atoms with Crippen molar-refractivity contribution in [3.63, 3.8) is 0 Å². The first-order chi connectivity index (χ1) is 8.24. The number of halogens is 1. The van der Waals surface area contributed by atoms with Crippen LogP contribution in [-0.4, -0.2) is 35.9 Å².